The van der Waals surface area contributed by atoms with Crippen LogP contribution in [0.4, 0.5) is 5.69 Å². The lowest BCUT2D eigenvalue weighted by Gasteiger charge is -2.17. The first-order valence-electron chi connectivity index (χ1n) is 8.26. The molecule has 1 saturated heterocycles. The summed E-state index contributed by atoms with van der Waals surface area (Å²) in [6.07, 6.45) is 5.05. The number of benzene rings is 1. The monoisotopic (exact) mass is 326 g/mol. The lowest BCUT2D eigenvalue weighted by molar-refractivity contribution is -0.142. The molecule has 1 aromatic carbocycles. The largest absolute Gasteiger partial charge is 0.324 e. The summed E-state index contributed by atoms with van der Waals surface area (Å²) in [4.78, 5) is 38.3. The first kappa shape index (κ1) is 16.4. The van der Waals surface area contributed by atoms with Gasteiger partial charge in [-0.3, -0.25) is 19.3 Å². The molecule has 0 aromatic heterocycles. The second-order valence-corrected chi connectivity index (χ2v) is 6.74. The standard InChI is InChI=1S/C19H22N2O3/c1-11-8-12(2)17(13(3)9-11)20-16(22)10-21-18(23)14-6-4-5-7-15(14)19(21)24/h4-5,8-9,14-15H,6-7,10H2,1-3H3,(H,20,22)/t14-,15+. The molecular weight excluding hydrogens is 304 g/mol. The maximum atomic E-state index is 12.4. The zero-order chi connectivity index (χ0) is 17.4. The number of amides is 3. The van der Waals surface area contributed by atoms with Gasteiger partial charge in [0, 0.05) is 5.69 Å². The maximum Gasteiger partial charge on any atom is 0.244 e. The minimum absolute atomic E-state index is 0.211. The molecule has 126 valence electrons. The molecule has 1 aromatic rings. The minimum atomic E-state index is -0.335. The Balaban J connectivity index is 1.72. The zero-order valence-electron chi connectivity index (χ0n) is 14.3. The second-order valence-electron chi connectivity index (χ2n) is 6.74. The highest BCUT2D eigenvalue weighted by molar-refractivity contribution is 6.09. The second kappa shape index (κ2) is 6.23. The van der Waals surface area contributed by atoms with E-state index < -0.39 is 0 Å². The number of nitrogens with one attached hydrogen (secondary N) is 1. The molecule has 2 atom stereocenters. The number of aryl methyl sites for hydroxylation is 3. The molecule has 1 heterocycles. The van der Waals surface area contributed by atoms with Gasteiger partial charge in [-0.1, -0.05) is 29.8 Å². The van der Waals surface area contributed by atoms with Crippen molar-refractivity contribution >= 4 is 23.4 Å². The lowest BCUT2D eigenvalue weighted by Crippen LogP contribution is -2.38. The summed E-state index contributed by atoms with van der Waals surface area (Å²) in [5, 5.41) is 2.85. The number of fused-ring (bicyclic) bond motifs is 1. The number of rotatable bonds is 3. The van der Waals surface area contributed by atoms with Crippen molar-refractivity contribution in [3.8, 4) is 0 Å². The van der Waals surface area contributed by atoms with Gasteiger partial charge in [0.25, 0.3) is 0 Å². The molecule has 0 spiro atoms. The molecule has 3 amide bonds. The van der Waals surface area contributed by atoms with E-state index in [9.17, 15) is 14.4 Å². The number of hydrogen-bond donors (Lipinski definition) is 1. The third kappa shape index (κ3) is 2.86. The molecule has 0 radical (unpaired) electrons. The Bertz CT molecular complexity index is 702. The third-order valence-corrected chi connectivity index (χ3v) is 4.84. The topological polar surface area (TPSA) is 66.5 Å². The summed E-state index contributed by atoms with van der Waals surface area (Å²) >= 11 is 0. The summed E-state index contributed by atoms with van der Waals surface area (Å²) in [7, 11) is 0. The molecule has 1 aliphatic carbocycles. The summed E-state index contributed by atoms with van der Waals surface area (Å²) in [5.74, 6) is -1.36. The van der Waals surface area contributed by atoms with Crippen LogP contribution in [0.3, 0.4) is 0 Å². The Labute approximate surface area is 141 Å². The van der Waals surface area contributed by atoms with E-state index in [0.717, 1.165) is 27.3 Å². The van der Waals surface area contributed by atoms with Crippen LogP contribution in [0.2, 0.25) is 0 Å². The fourth-order valence-electron chi connectivity index (χ4n) is 3.72. The quantitative estimate of drug-likeness (QED) is 0.685. The average Bonchev–Trinajstić information content (AvgIpc) is 2.76. The van der Waals surface area contributed by atoms with Crippen molar-refractivity contribution in [1.82, 2.24) is 4.90 Å². The van der Waals surface area contributed by atoms with E-state index in [0.29, 0.717) is 12.8 Å². The number of likely N-dealkylation sites (tertiary alicyclic amines) is 1. The van der Waals surface area contributed by atoms with Gasteiger partial charge in [-0.25, -0.2) is 0 Å². The molecule has 0 unspecified atom stereocenters. The van der Waals surface area contributed by atoms with Crippen LogP contribution in [-0.2, 0) is 14.4 Å². The Hall–Kier alpha value is -2.43. The van der Waals surface area contributed by atoms with Crippen LogP contribution < -0.4 is 5.32 Å². The van der Waals surface area contributed by atoms with Crippen molar-refractivity contribution in [2.45, 2.75) is 33.6 Å². The molecule has 1 N–H and O–H groups in total. The molecular formula is C19H22N2O3. The van der Waals surface area contributed by atoms with E-state index in [1.807, 2.05) is 45.1 Å². The van der Waals surface area contributed by atoms with Crippen molar-refractivity contribution in [2.75, 3.05) is 11.9 Å². The molecule has 1 fully saturated rings. The summed E-state index contributed by atoms with van der Waals surface area (Å²) in [6.45, 7) is 5.66. The first-order valence-corrected chi connectivity index (χ1v) is 8.26. The third-order valence-electron chi connectivity index (χ3n) is 4.84. The predicted octanol–water partition coefficient (Wildman–Crippen LogP) is 2.50. The van der Waals surface area contributed by atoms with E-state index in [1.165, 1.54) is 0 Å². The minimum Gasteiger partial charge on any atom is -0.324 e. The summed E-state index contributed by atoms with van der Waals surface area (Å²) in [5.41, 5.74) is 3.82. The van der Waals surface area contributed by atoms with Gasteiger partial charge in [0.15, 0.2) is 0 Å². The van der Waals surface area contributed by atoms with Crippen molar-refractivity contribution in [2.24, 2.45) is 11.8 Å². The van der Waals surface area contributed by atoms with Crippen LogP contribution in [0.15, 0.2) is 24.3 Å². The van der Waals surface area contributed by atoms with Gasteiger partial charge in [-0.05, 0) is 44.7 Å². The Morgan fingerprint density at radius 2 is 1.54 bits per heavy atom. The molecule has 0 saturated carbocycles. The van der Waals surface area contributed by atoms with Crippen LogP contribution in [0.5, 0.6) is 0 Å². The fraction of sp³-hybridized carbons (Fsp3) is 0.421. The SMILES string of the molecule is Cc1cc(C)c(NC(=O)CN2C(=O)[C@H]3CC=CC[C@H]3C2=O)c(C)c1. The number of carbonyl (C=O) groups is 3. The summed E-state index contributed by atoms with van der Waals surface area (Å²) in [6, 6.07) is 3.99. The van der Waals surface area contributed by atoms with Gasteiger partial charge in [0.1, 0.15) is 6.54 Å². The number of carbonyl (C=O) groups excluding carboxylic acids is 3. The van der Waals surface area contributed by atoms with E-state index >= 15 is 0 Å². The molecule has 5 nitrogen and oxygen atoms in total. The van der Waals surface area contributed by atoms with Crippen LogP contribution in [0, 0.1) is 32.6 Å². The van der Waals surface area contributed by atoms with E-state index in [-0.39, 0.29) is 36.1 Å². The highest BCUT2D eigenvalue weighted by Gasteiger charge is 2.47. The van der Waals surface area contributed by atoms with Crippen molar-refractivity contribution in [1.29, 1.82) is 0 Å². The van der Waals surface area contributed by atoms with E-state index in [1.54, 1.807) is 0 Å². The number of nitrogens with zero attached hydrogens (tertiary/aromatic N) is 1. The van der Waals surface area contributed by atoms with Crippen LogP contribution >= 0.6 is 0 Å². The lowest BCUT2D eigenvalue weighted by atomic mass is 9.85. The maximum absolute atomic E-state index is 12.4. The Kier molecular flexibility index (Phi) is 4.26. The van der Waals surface area contributed by atoms with Crippen molar-refractivity contribution < 1.29 is 14.4 Å². The normalized spacial score (nSPS) is 22.7. The van der Waals surface area contributed by atoms with Gasteiger partial charge in [0.2, 0.25) is 17.7 Å². The van der Waals surface area contributed by atoms with E-state index in [2.05, 4.69) is 5.32 Å². The van der Waals surface area contributed by atoms with Gasteiger partial charge < -0.3 is 5.32 Å². The van der Waals surface area contributed by atoms with Crippen LogP contribution in [0.25, 0.3) is 0 Å². The summed E-state index contributed by atoms with van der Waals surface area (Å²) < 4.78 is 0. The van der Waals surface area contributed by atoms with Gasteiger partial charge in [-0.15, -0.1) is 0 Å². The number of anilines is 1. The van der Waals surface area contributed by atoms with Gasteiger partial charge in [-0.2, -0.15) is 0 Å². The predicted molar refractivity (Wildman–Crippen MR) is 91.4 cm³/mol. The number of imide groups is 1. The van der Waals surface area contributed by atoms with Crippen molar-refractivity contribution in [3.63, 3.8) is 0 Å². The molecule has 0 bridgehead atoms. The fourth-order valence-corrected chi connectivity index (χ4v) is 3.72. The smallest absolute Gasteiger partial charge is 0.244 e. The highest BCUT2D eigenvalue weighted by atomic mass is 16.2. The Morgan fingerprint density at radius 1 is 1.04 bits per heavy atom. The molecule has 5 heteroatoms. The zero-order valence-corrected chi connectivity index (χ0v) is 14.3. The molecule has 2 aliphatic rings. The molecule has 3 rings (SSSR count). The average molecular weight is 326 g/mol. The van der Waals surface area contributed by atoms with Gasteiger partial charge >= 0.3 is 0 Å². The van der Waals surface area contributed by atoms with Crippen molar-refractivity contribution in [3.05, 3.63) is 41.0 Å². The highest BCUT2D eigenvalue weighted by Crippen LogP contribution is 2.35. The molecule has 24 heavy (non-hydrogen) atoms. The number of allylic oxidation sites excluding steroid dienone is 2. The Morgan fingerprint density at radius 3 is 2.04 bits per heavy atom. The van der Waals surface area contributed by atoms with E-state index in [4.69, 9.17) is 0 Å². The van der Waals surface area contributed by atoms with Crippen LogP contribution in [0.1, 0.15) is 29.5 Å². The van der Waals surface area contributed by atoms with Crippen LogP contribution in [-0.4, -0.2) is 29.2 Å². The molecule has 1 aliphatic heterocycles. The van der Waals surface area contributed by atoms with Gasteiger partial charge in [0.05, 0.1) is 11.8 Å². The first-order chi connectivity index (χ1) is 11.4. The number of hydrogen-bond acceptors (Lipinski definition) is 3.